The van der Waals surface area contributed by atoms with Crippen LogP contribution in [-0.2, 0) is 16.6 Å². The highest BCUT2D eigenvalue weighted by molar-refractivity contribution is 7.98. The van der Waals surface area contributed by atoms with Gasteiger partial charge < -0.3 is 5.32 Å². The van der Waals surface area contributed by atoms with E-state index < -0.39 is 15.8 Å². The molecule has 1 N–H and O–H groups in total. The van der Waals surface area contributed by atoms with Crippen LogP contribution in [0.4, 0.5) is 4.39 Å². The summed E-state index contributed by atoms with van der Waals surface area (Å²) in [5.74, 6) is 0.140. The number of nitrogens with zero attached hydrogens (tertiary/aromatic N) is 1. The molecule has 20 heavy (non-hydrogen) atoms. The fourth-order valence-corrected chi connectivity index (χ4v) is 4.24. The molecular weight excluding hydrogens is 299 g/mol. The molecule has 0 bridgehead atoms. The van der Waals surface area contributed by atoms with Crippen LogP contribution in [0.1, 0.15) is 12.5 Å². The Balaban J connectivity index is 3.23. The summed E-state index contributed by atoms with van der Waals surface area (Å²) in [5, 5.41) is 2.90. The Morgan fingerprint density at radius 1 is 1.45 bits per heavy atom. The normalized spacial score (nSPS) is 13.7. The summed E-state index contributed by atoms with van der Waals surface area (Å²) < 4.78 is 40.0. The van der Waals surface area contributed by atoms with Crippen molar-refractivity contribution >= 4 is 21.8 Å². The van der Waals surface area contributed by atoms with Crippen molar-refractivity contribution in [1.29, 1.82) is 0 Å². The van der Waals surface area contributed by atoms with Gasteiger partial charge >= 0.3 is 0 Å². The van der Waals surface area contributed by atoms with E-state index in [4.69, 9.17) is 0 Å². The van der Waals surface area contributed by atoms with Crippen LogP contribution in [-0.4, -0.2) is 44.9 Å². The van der Waals surface area contributed by atoms with Crippen LogP contribution < -0.4 is 5.32 Å². The fourth-order valence-electron chi connectivity index (χ4n) is 1.84. The molecule has 114 valence electrons. The predicted octanol–water partition coefficient (Wildman–Crippen LogP) is 1.92. The average Bonchev–Trinajstić information content (AvgIpc) is 2.40. The Morgan fingerprint density at radius 3 is 2.65 bits per heavy atom. The summed E-state index contributed by atoms with van der Waals surface area (Å²) in [7, 11) is -0.442. The predicted molar refractivity (Wildman–Crippen MR) is 82.0 cm³/mol. The highest BCUT2D eigenvalue weighted by atomic mass is 32.2. The highest BCUT2D eigenvalue weighted by Gasteiger charge is 2.27. The van der Waals surface area contributed by atoms with Crippen molar-refractivity contribution in [3.05, 3.63) is 29.6 Å². The number of nitrogens with one attached hydrogen (secondary N) is 1. The molecule has 0 aliphatic carbocycles. The molecule has 4 nitrogen and oxygen atoms in total. The number of hydrogen-bond donors (Lipinski definition) is 1. The van der Waals surface area contributed by atoms with E-state index in [-0.39, 0.29) is 10.9 Å². The zero-order chi connectivity index (χ0) is 15.3. The summed E-state index contributed by atoms with van der Waals surface area (Å²) in [4.78, 5) is 0.0299. The van der Waals surface area contributed by atoms with Crippen molar-refractivity contribution < 1.29 is 12.8 Å². The van der Waals surface area contributed by atoms with Crippen LogP contribution in [0.5, 0.6) is 0 Å². The van der Waals surface area contributed by atoms with E-state index in [0.29, 0.717) is 17.9 Å². The molecule has 0 amide bonds. The first-order chi connectivity index (χ1) is 9.34. The molecule has 7 heteroatoms. The maximum atomic E-state index is 13.4. The molecule has 0 radical (unpaired) electrons. The van der Waals surface area contributed by atoms with Gasteiger partial charge in [0, 0.05) is 25.4 Å². The van der Waals surface area contributed by atoms with Gasteiger partial charge in [-0.25, -0.2) is 12.8 Å². The second-order valence-electron chi connectivity index (χ2n) is 4.61. The van der Waals surface area contributed by atoms with Crippen molar-refractivity contribution in [2.24, 2.45) is 0 Å². The minimum atomic E-state index is -3.70. The molecule has 0 fully saturated rings. The van der Waals surface area contributed by atoms with E-state index >= 15 is 0 Å². The molecule has 1 aromatic carbocycles. The van der Waals surface area contributed by atoms with Gasteiger partial charge in [-0.1, -0.05) is 6.07 Å². The van der Waals surface area contributed by atoms with Gasteiger partial charge in [-0.3, -0.25) is 0 Å². The summed E-state index contributed by atoms with van der Waals surface area (Å²) in [5.41, 5.74) is 0.567. The van der Waals surface area contributed by atoms with E-state index in [1.165, 1.54) is 23.5 Å². The molecular formula is C13H21FN2O2S2. The Labute approximate surface area is 124 Å². The van der Waals surface area contributed by atoms with Gasteiger partial charge in [0.2, 0.25) is 10.0 Å². The van der Waals surface area contributed by atoms with Crippen LogP contribution in [0.2, 0.25) is 0 Å². The van der Waals surface area contributed by atoms with Crippen molar-refractivity contribution in [2.75, 3.05) is 26.1 Å². The fraction of sp³-hybridized carbons (Fsp3) is 0.538. The molecule has 1 rings (SSSR count). The number of halogens is 1. The molecule has 0 spiro atoms. The number of thioether (sulfide) groups is 1. The third kappa shape index (κ3) is 3.94. The summed E-state index contributed by atoms with van der Waals surface area (Å²) in [6.45, 7) is 2.21. The number of sulfonamides is 1. The summed E-state index contributed by atoms with van der Waals surface area (Å²) in [6, 6.07) is 3.72. The van der Waals surface area contributed by atoms with E-state index in [2.05, 4.69) is 5.32 Å². The molecule has 0 aliphatic heterocycles. The topological polar surface area (TPSA) is 49.4 Å². The molecule has 1 atom stereocenters. The van der Waals surface area contributed by atoms with Crippen LogP contribution >= 0.6 is 11.8 Å². The molecule has 0 aromatic heterocycles. The van der Waals surface area contributed by atoms with Gasteiger partial charge in [-0.05, 0) is 37.9 Å². The number of rotatable bonds is 7. The molecule has 1 aromatic rings. The maximum Gasteiger partial charge on any atom is 0.243 e. The van der Waals surface area contributed by atoms with Gasteiger partial charge in [0.15, 0.2) is 0 Å². The first-order valence-electron chi connectivity index (χ1n) is 6.24. The van der Waals surface area contributed by atoms with E-state index in [1.54, 1.807) is 18.8 Å². The molecule has 0 saturated heterocycles. The van der Waals surface area contributed by atoms with Crippen molar-refractivity contribution in [1.82, 2.24) is 9.62 Å². The van der Waals surface area contributed by atoms with Gasteiger partial charge in [-0.15, -0.1) is 0 Å². The minimum absolute atomic E-state index is 0.0299. The molecule has 0 aliphatic rings. The Kier molecular flexibility index (Phi) is 6.44. The van der Waals surface area contributed by atoms with Crippen LogP contribution in [0.3, 0.4) is 0 Å². The monoisotopic (exact) mass is 320 g/mol. The SMILES string of the molecule is CNCc1ccc(F)cc1S(=O)(=O)N(C)C(C)CSC. The second-order valence-corrected chi connectivity index (χ2v) is 7.48. The summed E-state index contributed by atoms with van der Waals surface area (Å²) in [6.07, 6.45) is 1.92. The Bertz CT molecular complexity index is 549. The third-order valence-corrected chi connectivity index (χ3v) is 5.95. The second kappa shape index (κ2) is 7.40. The highest BCUT2D eigenvalue weighted by Crippen LogP contribution is 2.23. The lowest BCUT2D eigenvalue weighted by Gasteiger charge is -2.25. The smallest absolute Gasteiger partial charge is 0.243 e. The Hall–Kier alpha value is -0.630. The number of hydrogen-bond acceptors (Lipinski definition) is 4. The van der Waals surface area contributed by atoms with Crippen molar-refractivity contribution in [3.63, 3.8) is 0 Å². The largest absolute Gasteiger partial charge is 0.316 e. The molecule has 0 saturated carbocycles. The number of benzene rings is 1. The first-order valence-corrected chi connectivity index (χ1v) is 9.08. The third-order valence-electron chi connectivity index (χ3n) is 3.08. The van der Waals surface area contributed by atoms with Gasteiger partial charge in [-0.2, -0.15) is 16.1 Å². The Morgan fingerprint density at radius 2 is 2.10 bits per heavy atom. The lowest BCUT2D eigenvalue weighted by molar-refractivity contribution is 0.414. The van der Waals surface area contributed by atoms with Crippen LogP contribution in [0.15, 0.2) is 23.1 Å². The van der Waals surface area contributed by atoms with Crippen molar-refractivity contribution in [3.8, 4) is 0 Å². The lowest BCUT2D eigenvalue weighted by atomic mass is 10.2. The average molecular weight is 320 g/mol. The quantitative estimate of drug-likeness (QED) is 0.834. The molecule has 0 heterocycles. The zero-order valence-electron chi connectivity index (χ0n) is 12.2. The van der Waals surface area contributed by atoms with Crippen molar-refractivity contribution in [2.45, 2.75) is 24.4 Å². The van der Waals surface area contributed by atoms with Crippen LogP contribution in [0.25, 0.3) is 0 Å². The van der Waals surface area contributed by atoms with Gasteiger partial charge in [0.1, 0.15) is 5.82 Å². The first kappa shape index (κ1) is 17.4. The minimum Gasteiger partial charge on any atom is -0.316 e. The maximum absolute atomic E-state index is 13.4. The van der Waals surface area contributed by atoms with Gasteiger partial charge in [0.05, 0.1) is 4.90 Å². The van der Waals surface area contributed by atoms with E-state index in [0.717, 1.165) is 6.07 Å². The van der Waals surface area contributed by atoms with Gasteiger partial charge in [0.25, 0.3) is 0 Å². The standard InChI is InChI=1S/C13H21FN2O2S2/c1-10(9-19-4)16(3)20(17,18)13-7-12(14)6-5-11(13)8-15-2/h5-7,10,15H,8-9H2,1-4H3. The summed E-state index contributed by atoms with van der Waals surface area (Å²) >= 11 is 1.57. The molecule has 1 unspecified atom stereocenters. The van der Waals surface area contributed by atoms with E-state index in [1.807, 2.05) is 13.2 Å². The van der Waals surface area contributed by atoms with Crippen LogP contribution in [0, 0.1) is 5.82 Å². The lowest BCUT2D eigenvalue weighted by Crippen LogP contribution is -2.37. The van der Waals surface area contributed by atoms with E-state index in [9.17, 15) is 12.8 Å². The zero-order valence-corrected chi connectivity index (χ0v) is 13.8.